The highest BCUT2D eigenvalue weighted by molar-refractivity contribution is 7.10. The molecule has 1 aliphatic heterocycles. The first-order valence-corrected chi connectivity index (χ1v) is 9.51. The summed E-state index contributed by atoms with van der Waals surface area (Å²) in [4.78, 5) is 2.43. The van der Waals surface area contributed by atoms with Crippen molar-refractivity contribution in [2.24, 2.45) is 0 Å². The Morgan fingerprint density at radius 3 is 2.38 bits per heavy atom. The number of anilines is 1. The largest absolute Gasteiger partial charge is 0.376 e. The van der Waals surface area contributed by atoms with Crippen molar-refractivity contribution < 1.29 is 0 Å². The zero-order valence-corrected chi connectivity index (χ0v) is 13.6. The summed E-state index contributed by atoms with van der Waals surface area (Å²) in [5.41, 5.74) is 5.17. The Kier molecular flexibility index (Phi) is 3.55. The third-order valence-corrected chi connectivity index (χ3v) is 5.63. The molecule has 4 rings (SSSR count). The minimum absolute atomic E-state index is 0.269. The number of hydrogen-bond donors (Lipinski definition) is 0. The van der Waals surface area contributed by atoms with Gasteiger partial charge in [-0.1, -0.05) is 18.1 Å². The van der Waals surface area contributed by atoms with Crippen LogP contribution in [0.4, 0.5) is 5.69 Å². The van der Waals surface area contributed by atoms with Crippen molar-refractivity contribution in [3.63, 3.8) is 0 Å². The van der Waals surface area contributed by atoms with E-state index in [0.29, 0.717) is 0 Å². The Balaban J connectivity index is 1.83. The molecule has 1 nitrogen and oxygen atoms in total. The molecule has 0 radical (unpaired) electrons. The van der Waals surface area contributed by atoms with Gasteiger partial charge in [-0.05, 0) is 50.6 Å². The van der Waals surface area contributed by atoms with Crippen LogP contribution in [0.1, 0.15) is 5.56 Å². The molecule has 0 bridgehead atoms. The highest BCUT2D eigenvalue weighted by Gasteiger charge is 2.29. The average molecular weight is 325 g/mol. The molecule has 0 unspecified atom stereocenters. The monoisotopic (exact) mass is 325 g/mol. The Morgan fingerprint density at radius 1 is 0.857 bits per heavy atom. The summed E-state index contributed by atoms with van der Waals surface area (Å²) in [5, 5.41) is 13.1. The fraction of sp³-hybridized carbons (Fsp3) is 0. The van der Waals surface area contributed by atoms with Gasteiger partial charge in [0.05, 0.1) is 0 Å². The molecule has 1 aliphatic rings. The van der Waals surface area contributed by atoms with Gasteiger partial charge in [-0.25, -0.2) is 0 Å². The van der Waals surface area contributed by atoms with E-state index in [2.05, 4.69) is 73.4 Å². The van der Waals surface area contributed by atoms with E-state index in [9.17, 15) is 0 Å². The fourth-order valence-corrected chi connectivity index (χ4v) is 4.58. The third-order valence-electron chi connectivity index (χ3n) is 3.57. The highest BCUT2D eigenvalue weighted by atomic mass is 32.1. The number of nitrogens with zero attached hydrogens (tertiary/aromatic N) is 1. The molecule has 102 valence electrons. The predicted octanol–water partition coefficient (Wildman–Crippen LogP) is 4.73. The molecule has 0 aromatic carbocycles. The van der Waals surface area contributed by atoms with Gasteiger partial charge in [0.15, 0.2) is 0 Å². The summed E-state index contributed by atoms with van der Waals surface area (Å²) < 4.78 is 0. The van der Waals surface area contributed by atoms with E-state index < -0.39 is 0 Å². The maximum absolute atomic E-state index is 2.43. The summed E-state index contributed by atoms with van der Waals surface area (Å²) in [7, 11) is 0. The molecule has 0 amide bonds. The average Bonchev–Trinajstić information content (AvgIpc) is 3.28. The van der Waals surface area contributed by atoms with Gasteiger partial charge >= 0.3 is 6.85 Å². The second-order valence-electron chi connectivity index (χ2n) is 4.80. The third kappa shape index (κ3) is 2.42. The van der Waals surface area contributed by atoms with Gasteiger partial charge in [0.1, 0.15) is 0 Å². The molecule has 5 heteroatoms. The Morgan fingerprint density at radius 2 is 1.67 bits per heavy atom. The zero-order chi connectivity index (χ0) is 14.1. The molecule has 0 N–H and O–H groups in total. The summed E-state index contributed by atoms with van der Waals surface area (Å²) in [5.74, 6) is 2.27. The fourth-order valence-electron chi connectivity index (χ4n) is 2.61. The van der Waals surface area contributed by atoms with E-state index in [-0.39, 0.29) is 6.85 Å². The molecule has 4 heterocycles. The smallest absolute Gasteiger partial charge is 0.321 e. The number of rotatable bonds is 3. The van der Waals surface area contributed by atoms with Gasteiger partial charge in [0.25, 0.3) is 0 Å². The first kappa shape index (κ1) is 13.1. The molecule has 0 fully saturated rings. The van der Waals surface area contributed by atoms with Crippen LogP contribution in [0.2, 0.25) is 0 Å². The maximum atomic E-state index is 2.43. The molecule has 0 spiro atoms. The standard InChI is InChI=1S/C16H12BNS3/c1-2-16(13-3-7-19-10-13)18(15-5-9-21-12-15)17(6-1)14-4-8-20-11-14/h1-12H. The van der Waals surface area contributed by atoms with Gasteiger partial charge in [0.2, 0.25) is 0 Å². The van der Waals surface area contributed by atoms with Crippen LogP contribution in [0.3, 0.4) is 0 Å². The quantitative estimate of drug-likeness (QED) is 0.630. The van der Waals surface area contributed by atoms with Gasteiger partial charge < -0.3 is 4.81 Å². The molecule has 0 atom stereocenters. The van der Waals surface area contributed by atoms with Crippen LogP contribution < -0.4 is 10.3 Å². The lowest BCUT2D eigenvalue weighted by Crippen LogP contribution is -2.46. The summed E-state index contributed by atoms with van der Waals surface area (Å²) in [6, 6.07) is 6.61. The van der Waals surface area contributed by atoms with Crippen LogP contribution in [0.5, 0.6) is 0 Å². The first-order chi connectivity index (χ1) is 10.4. The summed E-state index contributed by atoms with van der Waals surface area (Å²) >= 11 is 5.24. The van der Waals surface area contributed by atoms with Crippen LogP contribution in [0.25, 0.3) is 5.70 Å². The normalized spacial score (nSPS) is 14.6. The number of hydrogen-bond acceptors (Lipinski definition) is 4. The van der Waals surface area contributed by atoms with Gasteiger partial charge in [-0.15, -0.1) is 0 Å². The van der Waals surface area contributed by atoms with Crippen molar-refractivity contribution in [2.45, 2.75) is 0 Å². The van der Waals surface area contributed by atoms with Gasteiger partial charge in [0, 0.05) is 22.3 Å². The van der Waals surface area contributed by atoms with Crippen molar-refractivity contribution in [1.29, 1.82) is 0 Å². The Hall–Kier alpha value is -1.56. The number of allylic oxidation sites excluding steroid dienone is 2. The van der Waals surface area contributed by atoms with Crippen LogP contribution in [0.15, 0.2) is 68.6 Å². The Bertz CT molecular complexity index is 755. The van der Waals surface area contributed by atoms with E-state index >= 15 is 0 Å². The van der Waals surface area contributed by atoms with Crippen molar-refractivity contribution in [3.05, 3.63) is 74.2 Å². The minimum atomic E-state index is 0.269. The lowest BCUT2D eigenvalue weighted by Gasteiger charge is -2.33. The Labute approximate surface area is 136 Å². The SMILES string of the molecule is C1=CB(c2ccsc2)N(c2ccsc2)C(c2ccsc2)=C1. The van der Waals surface area contributed by atoms with E-state index in [4.69, 9.17) is 0 Å². The second-order valence-corrected chi connectivity index (χ2v) is 7.14. The molecule has 0 aliphatic carbocycles. The van der Waals surface area contributed by atoms with E-state index in [1.54, 1.807) is 34.0 Å². The van der Waals surface area contributed by atoms with Crippen molar-refractivity contribution in [2.75, 3.05) is 4.81 Å². The second kappa shape index (κ2) is 5.68. The molecule has 21 heavy (non-hydrogen) atoms. The predicted molar refractivity (Wildman–Crippen MR) is 97.9 cm³/mol. The molecular formula is C16H12BNS3. The highest BCUT2D eigenvalue weighted by Crippen LogP contribution is 2.32. The van der Waals surface area contributed by atoms with Crippen molar-refractivity contribution >= 4 is 57.7 Å². The minimum Gasteiger partial charge on any atom is -0.376 e. The zero-order valence-electron chi connectivity index (χ0n) is 11.2. The molecule has 3 aromatic heterocycles. The molecule has 3 aromatic rings. The van der Waals surface area contributed by atoms with E-state index in [1.807, 2.05) is 0 Å². The van der Waals surface area contributed by atoms with Crippen LogP contribution in [0, 0.1) is 0 Å². The first-order valence-electron chi connectivity index (χ1n) is 6.68. The lowest BCUT2D eigenvalue weighted by molar-refractivity contribution is 1.41. The van der Waals surface area contributed by atoms with Crippen LogP contribution in [-0.2, 0) is 0 Å². The summed E-state index contributed by atoms with van der Waals surface area (Å²) in [6.07, 6.45) is 4.39. The van der Waals surface area contributed by atoms with Crippen molar-refractivity contribution in [3.8, 4) is 0 Å². The summed E-state index contributed by atoms with van der Waals surface area (Å²) in [6.45, 7) is 0.269. The van der Waals surface area contributed by atoms with Crippen LogP contribution >= 0.6 is 34.0 Å². The van der Waals surface area contributed by atoms with Gasteiger partial charge in [-0.2, -0.15) is 34.0 Å². The molecule has 0 saturated carbocycles. The van der Waals surface area contributed by atoms with E-state index in [0.717, 1.165) is 0 Å². The number of thiophene rings is 3. The lowest BCUT2D eigenvalue weighted by atomic mass is 9.53. The molecular weight excluding hydrogens is 313 g/mol. The van der Waals surface area contributed by atoms with Crippen LogP contribution in [-0.4, -0.2) is 6.85 Å². The topological polar surface area (TPSA) is 3.24 Å². The van der Waals surface area contributed by atoms with Crippen molar-refractivity contribution in [1.82, 2.24) is 0 Å². The van der Waals surface area contributed by atoms with E-state index in [1.165, 1.54) is 22.4 Å². The van der Waals surface area contributed by atoms with Gasteiger partial charge in [-0.3, -0.25) is 0 Å². The molecule has 0 saturated heterocycles. The maximum Gasteiger partial charge on any atom is 0.321 e.